The van der Waals surface area contributed by atoms with Crippen molar-refractivity contribution in [1.29, 1.82) is 0 Å². The molecular weight excluding hydrogens is 151 g/mol. The summed E-state index contributed by atoms with van der Waals surface area (Å²) in [4.78, 5) is 0. The Morgan fingerprint density at radius 3 is 1.75 bits per heavy atom. The molecule has 1 nitrogen and oxygen atoms in total. The van der Waals surface area contributed by atoms with Crippen LogP contribution in [0.15, 0.2) is 30.3 Å². The first-order valence-electron chi connectivity index (χ1n) is 2.20. The van der Waals surface area contributed by atoms with Crippen LogP contribution >= 0.6 is 0 Å². The molecular formula is C6H7NZn. The van der Waals surface area contributed by atoms with Crippen LogP contribution in [0.3, 0.4) is 0 Å². The molecule has 0 bridgehead atoms. The SMILES string of the molecule is Nc1ccccc1.[Zn]. The molecule has 1 aromatic rings. The van der Waals surface area contributed by atoms with Crippen molar-refractivity contribution in [3.8, 4) is 0 Å². The van der Waals surface area contributed by atoms with E-state index in [1.807, 2.05) is 30.3 Å². The van der Waals surface area contributed by atoms with E-state index in [9.17, 15) is 0 Å². The van der Waals surface area contributed by atoms with Gasteiger partial charge in [0.25, 0.3) is 0 Å². The van der Waals surface area contributed by atoms with Crippen molar-refractivity contribution >= 4 is 5.69 Å². The third-order valence-electron chi connectivity index (χ3n) is 0.800. The van der Waals surface area contributed by atoms with Gasteiger partial charge in [0, 0.05) is 25.2 Å². The summed E-state index contributed by atoms with van der Waals surface area (Å²) >= 11 is 0. The van der Waals surface area contributed by atoms with Gasteiger partial charge in [-0.1, -0.05) is 18.2 Å². The van der Waals surface area contributed by atoms with Crippen molar-refractivity contribution in [3.63, 3.8) is 0 Å². The fraction of sp³-hybridized carbons (Fsp3) is 0. The molecule has 2 N–H and O–H groups in total. The summed E-state index contributed by atoms with van der Waals surface area (Å²) in [7, 11) is 0. The number of rotatable bonds is 0. The van der Waals surface area contributed by atoms with E-state index in [4.69, 9.17) is 5.73 Å². The van der Waals surface area contributed by atoms with Crippen molar-refractivity contribution < 1.29 is 19.5 Å². The third-order valence-corrected chi connectivity index (χ3v) is 0.800. The number of hydrogen-bond acceptors (Lipinski definition) is 1. The second-order valence-corrected chi connectivity index (χ2v) is 1.41. The second kappa shape index (κ2) is 3.62. The van der Waals surface area contributed by atoms with Crippen molar-refractivity contribution in [1.82, 2.24) is 0 Å². The Labute approximate surface area is 61.7 Å². The molecule has 0 heterocycles. The molecule has 1 rings (SSSR count). The molecule has 0 aliphatic heterocycles. The Kier molecular flexibility index (Phi) is 3.46. The topological polar surface area (TPSA) is 26.0 Å². The maximum Gasteiger partial charge on any atom is 0.0313 e. The number of nitrogen functional groups attached to an aromatic ring is 1. The van der Waals surface area contributed by atoms with Crippen molar-refractivity contribution in [3.05, 3.63) is 30.3 Å². The summed E-state index contributed by atoms with van der Waals surface area (Å²) in [5.41, 5.74) is 6.18. The van der Waals surface area contributed by atoms with Crippen LogP contribution in [0.1, 0.15) is 0 Å². The number of hydrogen-bond donors (Lipinski definition) is 1. The van der Waals surface area contributed by atoms with Gasteiger partial charge < -0.3 is 5.73 Å². The van der Waals surface area contributed by atoms with E-state index in [1.165, 1.54) is 0 Å². The molecule has 8 heavy (non-hydrogen) atoms. The van der Waals surface area contributed by atoms with E-state index >= 15 is 0 Å². The van der Waals surface area contributed by atoms with Gasteiger partial charge >= 0.3 is 0 Å². The van der Waals surface area contributed by atoms with E-state index in [-0.39, 0.29) is 19.5 Å². The van der Waals surface area contributed by atoms with Gasteiger partial charge in [-0.2, -0.15) is 0 Å². The molecule has 0 aromatic heterocycles. The van der Waals surface area contributed by atoms with Crippen LogP contribution in [0.2, 0.25) is 0 Å². The average Bonchev–Trinajstić information content (AvgIpc) is 1.69. The van der Waals surface area contributed by atoms with Crippen LogP contribution in [-0.2, 0) is 19.5 Å². The zero-order valence-electron chi connectivity index (χ0n) is 4.67. The third kappa shape index (κ3) is 2.08. The Hall–Kier alpha value is -0.357. The number of para-hydroxylation sites is 1. The van der Waals surface area contributed by atoms with Gasteiger partial charge in [-0.25, -0.2) is 0 Å². The Balaban J connectivity index is 0.000000490. The van der Waals surface area contributed by atoms with Crippen LogP contribution in [-0.4, -0.2) is 0 Å². The molecule has 2 heteroatoms. The quantitative estimate of drug-likeness (QED) is 0.447. The molecule has 0 atom stereocenters. The molecule has 0 spiro atoms. The first-order valence-corrected chi connectivity index (χ1v) is 2.20. The van der Waals surface area contributed by atoms with Crippen molar-refractivity contribution in [2.24, 2.45) is 0 Å². The zero-order valence-corrected chi connectivity index (χ0v) is 7.64. The largest absolute Gasteiger partial charge is 0.399 e. The molecule has 1 aromatic carbocycles. The minimum absolute atomic E-state index is 0. The zero-order chi connectivity index (χ0) is 5.11. The molecule has 0 fully saturated rings. The Bertz CT molecular complexity index is 138. The molecule has 38 valence electrons. The van der Waals surface area contributed by atoms with E-state index in [0.717, 1.165) is 5.69 Å². The van der Waals surface area contributed by atoms with Gasteiger partial charge in [-0.15, -0.1) is 0 Å². The number of nitrogens with two attached hydrogens (primary N) is 1. The van der Waals surface area contributed by atoms with Crippen molar-refractivity contribution in [2.45, 2.75) is 0 Å². The summed E-state index contributed by atoms with van der Waals surface area (Å²) in [6, 6.07) is 9.49. The Morgan fingerprint density at radius 2 is 1.50 bits per heavy atom. The van der Waals surface area contributed by atoms with Crippen LogP contribution in [0, 0.1) is 0 Å². The van der Waals surface area contributed by atoms with Crippen LogP contribution in [0.5, 0.6) is 0 Å². The monoisotopic (exact) mass is 157 g/mol. The van der Waals surface area contributed by atoms with Crippen LogP contribution in [0.25, 0.3) is 0 Å². The summed E-state index contributed by atoms with van der Waals surface area (Å²) in [6.45, 7) is 0. The first kappa shape index (κ1) is 7.64. The predicted molar refractivity (Wildman–Crippen MR) is 30.9 cm³/mol. The normalized spacial score (nSPS) is 7.50. The second-order valence-electron chi connectivity index (χ2n) is 1.41. The average molecular weight is 159 g/mol. The molecule has 0 unspecified atom stereocenters. The fourth-order valence-electron chi connectivity index (χ4n) is 0.453. The maximum absolute atomic E-state index is 5.36. The van der Waals surface area contributed by atoms with Gasteiger partial charge in [0.2, 0.25) is 0 Å². The predicted octanol–water partition coefficient (Wildman–Crippen LogP) is 1.27. The molecule has 0 saturated heterocycles. The number of anilines is 1. The van der Waals surface area contributed by atoms with Gasteiger partial charge in [-0.3, -0.25) is 0 Å². The van der Waals surface area contributed by atoms with Gasteiger partial charge in [0.15, 0.2) is 0 Å². The maximum atomic E-state index is 5.36. The van der Waals surface area contributed by atoms with Gasteiger partial charge in [-0.05, 0) is 12.1 Å². The molecule has 0 radical (unpaired) electrons. The summed E-state index contributed by atoms with van der Waals surface area (Å²) in [5.74, 6) is 0. The van der Waals surface area contributed by atoms with E-state index < -0.39 is 0 Å². The standard InChI is InChI=1S/C6H7N.Zn/c7-6-4-2-1-3-5-6;/h1-5H,7H2;. The summed E-state index contributed by atoms with van der Waals surface area (Å²) in [6.07, 6.45) is 0. The minimum atomic E-state index is 0. The summed E-state index contributed by atoms with van der Waals surface area (Å²) < 4.78 is 0. The van der Waals surface area contributed by atoms with E-state index in [1.54, 1.807) is 0 Å². The number of benzene rings is 1. The van der Waals surface area contributed by atoms with Crippen LogP contribution < -0.4 is 5.73 Å². The Morgan fingerprint density at radius 1 is 1.00 bits per heavy atom. The summed E-state index contributed by atoms with van der Waals surface area (Å²) in [5, 5.41) is 0. The van der Waals surface area contributed by atoms with Gasteiger partial charge in [0.1, 0.15) is 0 Å². The fourth-order valence-corrected chi connectivity index (χ4v) is 0.453. The molecule has 0 aliphatic carbocycles. The van der Waals surface area contributed by atoms with Gasteiger partial charge in [0.05, 0.1) is 0 Å². The first-order chi connectivity index (χ1) is 3.39. The van der Waals surface area contributed by atoms with Crippen molar-refractivity contribution in [2.75, 3.05) is 5.73 Å². The molecule has 0 aliphatic rings. The molecule has 0 saturated carbocycles. The van der Waals surface area contributed by atoms with Crippen LogP contribution in [0.4, 0.5) is 5.69 Å². The molecule has 0 amide bonds. The minimum Gasteiger partial charge on any atom is -0.399 e. The van der Waals surface area contributed by atoms with E-state index in [0.29, 0.717) is 0 Å². The van der Waals surface area contributed by atoms with E-state index in [2.05, 4.69) is 0 Å². The smallest absolute Gasteiger partial charge is 0.0313 e.